The second kappa shape index (κ2) is 10.3. The molecule has 1 atom stereocenters. The molecule has 0 aromatic heterocycles. The fourth-order valence-corrected chi connectivity index (χ4v) is 2.32. The number of carbonyl (C=O) groups is 3. The van der Waals surface area contributed by atoms with Crippen molar-refractivity contribution >= 4 is 17.8 Å². The van der Waals surface area contributed by atoms with Gasteiger partial charge in [-0.1, -0.05) is 50.3 Å². The number of esters is 1. The van der Waals surface area contributed by atoms with Crippen molar-refractivity contribution in [1.82, 2.24) is 5.32 Å². The first kappa shape index (κ1) is 20.4. The molecule has 2 amide bonds. The number of rotatable bonds is 9. The van der Waals surface area contributed by atoms with Crippen molar-refractivity contribution < 1.29 is 19.1 Å². The number of nitrogens with one attached hydrogen (secondary N) is 1. The summed E-state index contributed by atoms with van der Waals surface area (Å²) in [5.74, 6) is -1.20. The summed E-state index contributed by atoms with van der Waals surface area (Å²) in [6.07, 6.45) is 2.35. The van der Waals surface area contributed by atoms with Gasteiger partial charge in [-0.2, -0.15) is 0 Å². The summed E-state index contributed by atoms with van der Waals surface area (Å²) < 4.78 is 4.59. The largest absolute Gasteiger partial charge is 0.469 e. The Morgan fingerprint density at radius 1 is 1.20 bits per heavy atom. The molecule has 0 fully saturated rings. The molecule has 0 spiro atoms. The van der Waals surface area contributed by atoms with Crippen LogP contribution in [0.3, 0.4) is 0 Å². The molecule has 136 valence electrons. The van der Waals surface area contributed by atoms with Crippen LogP contribution < -0.4 is 11.1 Å². The van der Waals surface area contributed by atoms with Crippen molar-refractivity contribution in [3.63, 3.8) is 0 Å². The number of carbonyl (C=O) groups excluding carboxylic acids is 3. The van der Waals surface area contributed by atoms with Crippen LogP contribution in [0.4, 0.5) is 0 Å². The van der Waals surface area contributed by atoms with E-state index < -0.39 is 23.8 Å². The normalized spacial score (nSPS) is 12.6. The fourth-order valence-electron chi connectivity index (χ4n) is 2.32. The minimum Gasteiger partial charge on any atom is -0.469 e. The van der Waals surface area contributed by atoms with Crippen LogP contribution in [0.5, 0.6) is 0 Å². The molecule has 1 rings (SSSR count). The van der Waals surface area contributed by atoms with Crippen molar-refractivity contribution in [3.8, 4) is 0 Å². The minimum atomic E-state index is -0.816. The van der Waals surface area contributed by atoms with Gasteiger partial charge in [0.2, 0.25) is 11.8 Å². The maximum atomic E-state index is 12.5. The van der Waals surface area contributed by atoms with Crippen molar-refractivity contribution in [1.29, 1.82) is 0 Å². The molecule has 0 saturated carbocycles. The van der Waals surface area contributed by atoms with Gasteiger partial charge in [0.05, 0.1) is 13.5 Å². The predicted octanol–water partition coefficient (Wildman–Crippen LogP) is 1.73. The first-order chi connectivity index (χ1) is 11.8. The lowest BCUT2D eigenvalue weighted by molar-refractivity contribution is -0.139. The number of ether oxygens (including phenoxy) is 1. The zero-order valence-corrected chi connectivity index (χ0v) is 15.0. The third-order valence-corrected chi connectivity index (χ3v) is 3.59. The average Bonchev–Trinajstić information content (AvgIpc) is 2.58. The first-order valence-electron chi connectivity index (χ1n) is 8.23. The number of amides is 2. The quantitative estimate of drug-likeness (QED) is 0.525. The molecule has 6 nitrogen and oxygen atoms in total. The zero-order chi connectivity index (χ0) is 18.8. The van der Waals surface area contributed by atoms with Crippen LogP contribution in [0.2, 0.25) is 0 Å². The second-order valence-electron chi connectivity index (χ2n) is 6.23. The molecule has 1 aromatic carbocycles. The molecule has 0 aliphatic rings. The van der Waals surface area contributed by atoms with Gasteiger partial charge in [-0.3, -0.25) is 14.4 Å². The Bertz CT molecular complexity index is 624. The van der Waals surface area contributed by atoms with E-state index in [0.717, 1.165) is 5.56 Å². The zero-order valence-electron chi connectivity index (χ0n) is 15.0. The highest BCUT2D eigenvalue weighted by Gasteiger charge is 2.21. The van der Waals surface area contributed by atoms with Crippen molar-refractivity contribution in [2.45, 2.75) is 39.2 Å². The van der Waals surface area contributed by atoms with Crippen LogP contribution in [0, 0.1) is 5.92 Å². The van der Waals surface area contributed by atoms with E-state index in [1.165, 1.54) is 7.11 Å². The van der Waals surface area contributed by atoms with Crippen LogP contribution in [0.15, 0.2) is 42.0 Å². The van der Waals surface area contributed by atoms with Crippen LogP contribution in [0.25, 0.3) is 0 Å². The number of hydrogen-bond acceptors (Lipinski definition) is 4. The lowest BCUT2D eigenvalue weighted by Gasteiger charge is -2.18. The van der Waals surface area contributed by atoms with Gasteiger partial charge < -0.3 is 15.8 Å². The Morgan fingerprint density at radius 2 is 1.84 bits per heavy atom. The SMILES string of the molecule is COC(=O)C/C=C(\CC(C)C)C(=O)N[C@@H](Cc1ccccc1)C(N)=O. The molecule has 0 bridgehead atoms. The summed E-state index contributed by atoms with van der Waals surface area (Å²) in [5.41, 5.74) is 6.77. The number of methoxy groups -OCH3 is 1. The summed E-state index contributed by atoms with van der Waals surface area (Å²) in [5, 5.41) is 2.68. The molecule has 0 aliphatic carbocycles. The van der Waals surface area contributed by atoms with Gasteiger partial charge in [0.25, 0.3) is 0 Å². The van der Waals surface area contributed by atoms with E-state index in [1.807, 2.05) is 44.2 Å². The Labute approximate surface area is 148 Å². The van der Waals surface area contributed by atoms with Gasteiger partial charge in [0.15, 0.2) is 0 Å². The Balaban J connectivity index is 2.86. The molecule has 1 aromatic rings. The highest BCUT2D eigenvalue weighted by atomic mass is 16.5. The summed E-state index contributed by atoms with van der Waals surface area (Å²) in [6, 6.07) is 8.50. The Morgan fingerprint density at radius 3 is 2.36 bits per heavy atom. The average molecular weight is 346 g/mol. The van der Waals surface area contributed by atoms with Crippen molar-refractivity contribution in [3.05, 3.63) is 47.5 Å². The minimum absolute atomic E-state index is 0.00585. The molecule has 0 unspecified atom stereocenters. The summed E-state index contributed by atoms with van der Waals surface area (Å²) in [7, 11) is 1.29. The highest BCUT2D eigenvalue weighted by molar-refractivity contribution is 5.97. The molecule has 6 heteroatoms. The second-order valence-corrected chi connectivity index (χ2v) is 6.23. The van der Waals surface area contributed by atoms with Gasteiger partial charge in [0, 0.05) is 12.0 Å². The lowest BCUT2D eigenvalue weighted by Crippen LogP contribution is -2.46. The fraction of sp³-hybridized carbons (Fsp3) is 0.421. The number of nitrogens with two attached hydrogens (primary N) is 1. The Hall–Kier alpha value is -2.63. The highest BCUT2D eigenvalue weighted by Crippen LogP contribution is 2.13. The smallest absolute Gasteiger partial charge is 0.309 e. The van der Waals surface area contributed by atoms with Gasteiger partial charge in [-0.15, -0.1) is 0 Å². The monoisotopic (exact) mass is 346 g/mol. The third kappa shape index (κ3) is 7.65. The third-order valence-electron chi connectivity index (χ3n) is 3.59. The summed E-state index contributed by atoms with van der Waals surface area (Å²) in [6.45, 7) is 3.93. The number of benzene rings is 1. The molecular formula is C19H26N2O4. The lowest BCUT2D eigenvalue weighted by atomic mass is 10.00. The van der Waals surface area contributed by atoms with Gasteiger partial charge >= 0.3 is 5.97 Å². The molecule has 0 aliphatic heterocycles. The van der Waals surface area contributed by atoms with Crippen molar-refractivity contribution in [2.75, 3.05) is 7.11 Å². The molecule has 0 heterocycles. The summed E-state index contributed by atoms with van der Waals surface area (Å²) in [4.78, 5) is 35.6. The van der Waals surface area contributed by atoms with Crippen LogP contribution in [-0.2, 0) is 25.5 Å². The molecular weight excluding hydrogens is 320 g/mol. The van der Waals surface area contributed by atoms with Crippen LogP contribution in [0.1, 0.15) is 32.3 Å². The summed E-state index contributed by atoms with van der Waals surface area (Å²) >= 11 is 0. The molecule has 3 N–H and O–H groups in total. The number of hydrogen-bond donors (Lipinski definition) is 2. The van der Waals surface area contributed by atoms with Crippen LogP contribution in [-0.4, -0.2) is 30.9 Å². The van der Waals surface area contributed by atoms with Gasteiger partial charge in [-0.05, 0) is 17.9 Å². The maximum Gasteiger partial charge on any atom is 0.309 e. The molecule has 0 radical (unpaired) electrons. The first-order valence-corrected chi connectivity index (χ1v) is 8.23. The van der Waals surface area contributed by atoms with Gasteiger partial charge in [0.1, 0.15) is 6.04 Å². The van der Waals surface area contributed by atoms with Crippen molar-refractivity contribution in [2.24, 2.45) is 11.7 Å². The predicted molar refractivity (Wildman–Crippen MR) is 95.4 cm³/mol. The van der Waals surface area contributed by atoms with E-state index in [2.05, 4.69) is 10.1 Å². The Kier molecular flexibility index (Phi) is 8.39. The van der Waals surface area contributed by atoms with E-state index in [0.29, 0.717) is 18.4 Å². The van der Waals surface area contributed by atoms with Gasteiger partial charge in [-0.25, -0.2) is 0 Å². The molecule has 0 saturated heterocycles. The van der Waals surface area contributed by atoms with E-state index >= 15 is 0 Å². The van der Waals surface area contributed by atoms with E-state index in [4.69, 9.17) is 5.73 Å². The van der Waals surface area contributed by atoms with E-state index in [9.17, 15) is 14.4 Å². The van der Waals surface area contributed by atoms with E-state index in [-0.39, 0.29) is 12.3 Å². The number of primary amides is 1. The van der Waals surface area contributed by atoms with Crippen LogP contribution >= 0.6 is 0 Å². The van der Waals surface area contributed by atoms with E-state index in [1.54, 1.807) is 6.08 Å². The molecule has 25 heavy (non-hydrogen) atoms. The maximum absolute atomic E-state index is 12.5. The topological polar surface area (TPSA) is 98.5 Å². The standard InChI is InChI=1S/C19H26N2O4/c1-13(2)11-15(9-10-17(22)25-3)19(24)21-16(18(20)23)12-14-7-5-4-6-8-14/h4-9,13,16H,10-12H2,1-3H3,(H2,20,23)(H,21,24)/b15-9+/t16-/m0/s1.